The Morgan fingerprint density at radius 1 is 0.895 bits per heavy atom. The van der Waals surface area contributed by atoms with E-state index in [4.69, 9.17) is 11.6 Å². The number of rotatable bonds is 1. The summed E-state index contributed by atoms with van der Waals surface area (Å²) >= 11 is 11.0. The van der Waals surface area contributed by atoms with Crippen molar-refractivity contribution in [2.24, 2.45) is 0 Å². The third-order valence-corrected chi connectivity index (χ3v) is 4.11. The van der Waals surface area contributed by atoms with Crippen LogP contribution in [-0.4, -0.2) is 0 Å². The minimum absolute atomic E-state index is 0.359. The lowest BCUT2D eigenvalue weighted by Gasteiger charge is -2.18. The van der Waals surface area contributed by atoms with Crippen LogP contribution in [0.1, 0.15) is 19.4 Å². The number of alkyl halides is 1. The molecule has 0 bridgehead atoms. The molecule has 0 saturated heterocycles. The first kappa shape index (κ1) is 12.8. The highest BCUT2D eigenvalue weighted by Gasteiger charge is 2.17. The quantitative estimate of drug-likeness (QED) is 0.328. The molecular formula is C17H15ClS. The summed E-state index contributed by atoms with van der Waals surface area (Å²) in [5.41, 5.74) is 1.13. The molecule has 0 aromatic heterocycles. The first-order chi connectivity index (χ1) is 8.97. The predicted molar refractivity (Wildman–Crippen MR) is 87.6 cm³/mol. The van der Waals surface area contributed by atoms with Crippen molar-refractivity contribution < 1.29 is 0 Å². The molecular weight excluding hydrogens is 272 g/mol. The van der Waals surface area contributed by atoms with Crippen molar-refractivity contribution in [1.29, 1.82) is 0 Å². The second-order valence-corrected chi connectivity index (χ2v) is 6.78. The van der Waals surface area contributed by atoms with Gasteiger partial charge < -0.3 is 0 Å². The maximum absolute atomic E-state index is 6.43. The molecule has 0 aliphatic carbocycles. The van der Waals surface area contributed by atoms with Crippen LogP contribution in [0.25, 0.3) is 21.5 Å². The molecule has 0 radical (unpaired) electrons. The van der Waals surface area contributed by atoms with Crippen LogP contribution < -0.4 is 0 Å². The van der Waals surface area contributed by atoms with Gasteiger partial charge in [0.25, 0.3) is 0 Å². The maximum Gasteiger partial charge on any atom is 0.0639 e. The largest absolute Gasteiger partial charge is 0.143 e. The van der Waals surface area contributed by atoms with E-state index < -0.39 is 0 Å². The molecule has 0 N–H and O–H groups in total. The Morgan fingerprint density at radius 2 is 1.63 bits per heavy atom. The van der Waals surface area contributed by atoms with E-state index in [1.165, 1.54) is 21.5 Å². The summed E-state index contributed by atoms with van der Waals surface area (Å²) in [6.45, 7) is 4.03. The molecule has 0 aliphatic rings. The topological polar surface area (TPSA) is 0 Å². The number of fused-ring (bicyclic) bond motifs is 3. The Hall–Kier alpha value is -1.18. The molecule has 0 saturated carbocycles. The van der Waals surface area contributed by atoms with Gasteiger partial charge >= 0.3 is 0 Å². The average molecular weight is 287 g/mol. The van der Waals surface area contributed by atoms with E-state index in [1.54, 1.807) is 0 Å². The van der Waals surface area contributed by atoms with E-state index in [0.29, 0.717) is 0 Å². The number of halogens is 1. The summed E-state index contributed by atoms with van der Waals surface area (Å²) in [5.74, 6) is 0. The Morgan fingerprint density at radius 3 is 2.37 bits per heavy atom. The van der Waals surface area contributed by atoms with Crippen LogP contribution in [0, 0.1) is 0 Å². The van der Waals surface area contributed by atoms with Crippen LogP contribution in [-0.2, 0) is 4.87 Å². The Labute approximate surface area is 123 Å². The molecule has 3 rings (SSSR count). The molecule has 0 nitrogen and oxygen atoms in total. The standard InChI is InChI=1S/C17H15ClS/c1-17(2,18)12-7-8-14-15(10-12)13-6-4-3-5-11(13)9-16(14)19/h3-10,19H,1-2H3. The van der Waals surface area contributed by atoms with Gasteiger partial charge in [0, 0.05) is 4.90 Å². The zero-order chi connectivity index (χ0) is 13.6. The summed E-state index contributed by atoms with van der Waals surface area (Å²) in [6.07, 6.45) is 0. The number of thiol groups is 1. The van der Waals surface area contributed by atoms with Crippen molar-refractivity contribution in [3.8, 4) is 0 Å². The lowest BCUT2D eigenvalue weighted by Crippen LogP contribution is -2.06. The van der Waals surface area contributed by atoms with Crippen LogP contribution in [0.5, 0.6) is 0 Å². The van der Waals surface area contributed by atoms with Crippen LogP contribution in [0.15, 0.2) is 53.4 Å². The molecule has 0 atom stereocenters. The van der Waals surface area contributed by atoms with E-state index in [2.05, 4.69) is 61.2 Å². The van der Waals surface area contributed by atoms with E-state index in [1.807, 2.05) is 13.8 Å². The van der Waals surface area contributed by atoms with Crippen molar-refractivity contribution in [3.63, 3.8) is 0 Å². The smallest absolute Gasteiger partial charge is 0.0639 e. The summed E-state index contributed by atoms with van der Waals surface area (Å²) in [6, 6.07) is 16.9. The SMILES string of the molecule is CC(C)(Cl)c1ccc2c(S)cc3ccccc3c2c1. The fraction of sp³-hybridized carbons (Fsp3) is 0.176. The van der Waals surface area contributed by atoms with Gasteiger partial charge in [0.15, 0.2) is 0 Å². The fourth-order valence-electron chi connectivity index (χ4n) is 2.45. The molecule has 0 amide bonds. The van der Waals surface area contributed by atoms with Crippen molar-refractivity contribution >= 4 is 45.8 Å². The number of benzene rings is 3. The third-order valence-electron chi connectivity index (χ3n) is 3.53. The summed E-state index contributed by atoms with van der Waals surface area (Å²) < 4.78 is 0. The molecule has 0 spiro atoms. The minimum Gasteiger partial charge on any atom is -0.143 e. The zero-order valence-corrected chi connectivity index (χ0v) is 12.6. The van der Waals surface area contributed by atoms with Gasteiger partial charge in [-0.15, -0.1) is 24.2 Å². The lowest BCUT2D eigenvalue weighted by atomic mass is 9.95. The second kappa shape index (κ2) is 4.43. The minimum atomic E-state index is -0.359. The zero-order valence-electron chi connectivity index (χ0n) is 10.9. The Bertz CT molecular complexity index is 769. The van der Waals surface area contributed by atoms with Gasteiger partial charge in [-0.1, -0.05) is 36.4 Å². The predicted octanol–water partition coefficient (Wildman–Crippen LogP) is 5.76. The van der Waals surface area contributed by atoms with Crippen LogP contribution in [0.2, 0.25) is 0 Å². The van der Waals surface area contributed by atoms with Crippen LogP contribution >= 0.6 is 24.2 Å². The molecule has 0 unspecified atom stereocenters. The van der Waals surface area contributed by atoms with E-state index in [0.717, 1.165) is 10.5 Å². The molecule has 0 fully saturated rings. The third kappa shape index (κ3) is 2.22. The van der Waals surface area contributed by atoms with Crippen molar-refractivity contribution in [3.05, 3.63) is 54.1 Å². The highest BCUT2D eigenvalue weighted by atomic mass is 35.5. The maximum atomic E-state index is 6.43. The summed E-state index contributed by atoms with van der Waals surface area (Å²) in [7, 11) is 0. The van der Waals surface area contributed by atoms with Crippen molar-refractivity contribution in [2.75, 3.05) is 0 Å². The van der Waals surface area contributed by atoms with Gasteiger partial charge in [0.05, 0.1) is 4.87 Å². The van der Waals surface area contributed by atoms with E-state index in [-0.39, 0.29) is 4.87 Å². The molecule has 96 valence electrons. The molecule has 3 aromatic rings. The summed E-state index contributed by atoms with van der Waals surface area (Å²) in [5, 5.41) is 4.85. The monoisotopic (exact) mass is 286 g/mol. The molecule has 0 aliphatic heterocycles. The highest BCUT2D eigenvalue weighted by Crippen LogP contribution is 2.35. The van der Waals surface area contributed by atoms with Gasteiger partial charge in [-0.2, -0.15) is 0 Å². The van der Waals surface area contributed by atoms with E-state index >= 15 is 0 Å². The summed E-state index contributed by atoms with van der Waals surface area (Å²) in [4.78, 5) is 0.648. The first-order valence-corrected chi connectivity index (χ1v) is 7.13. The number of hydrogen-bond acceptors (Lipinski definition) is 1. The highest BCUT2D eigenvalue weighted by molar-refractivity contribution is 7.80. The lowest BCUT2D eigenvalue weighted by molar-refractivity contribution is 0.767. The number of hydrogen-bond donors (Lipinski definition) is 1. The molecule has 2 heteroatoms. The molecule has 0 heterocycles. The first-order valence-electron chi connectivity index (χ1n) is 6.31. The van der Waals surface area contributed by atoms with Crippen LogP contribution in [0.4, 0.5) is 0 Å². The normalized spacial score (nSPS) is 12.2. The second-order valence-electron chi connectivity index (χ2n) is 5.35. The fourth-order valence-corrected chi connectivity index (χ4v) is 2.91. The van der Waals surface area contributed by atoms with Gasteiger partial charge in [-0.25, -0.2) is 0 Å². The van der Waals surface area contributed by atoms with Crippen molar-refractivity contribution in [2.45, 2.75) is 23.6 Å². The van der Waals surface area contributed by atoms with Gasteiger partial charge in [-0.3, -0.25) is 0 Å². The van der Waals surface area contributed by atoms with Crippen LogP contribution in [0.3, 0.4) is 0 Å². The average Bonchev–Trinajstić information content (AvgIpc) is 2.37. The van der Waals surface area contributed by atoms with Gasteiger partial charge in [0.2, 0.25) is 0 Å². The van der Waals surface area contributed by atoms with E-state index in [9.17, 15) is 0 Å². The van der Waals surface area contributed by atoms with Gasteiger partial charge in [0.1, 0.15) is 0 Å². The Balaban J connectivity index is 2.46. The molecule has 19 heavy (non-hydrogen) atoms. The van der Waals surface area contributed by atoms with Gasteiger partial charge in [-0.05, 0) is 53.1 Å². The Kier molecular flexibility index (Phi) is 2.99. The molecule has 3 aromatic carbocycles. The van der Waals surface area contributed by atoms with Crippen molar-refractivity contribution in [1.82, 2.24) is 0 Å².